The molecule has 2 rings (SSSR count). The van der Waals surface area contributed by atoms with Crippen molar-refractivity contribution >= 4 is 17.4 Å². The van der Waals surface area contributed by atoms with Crippen molar-refractivity contribution in [3.8, 4) is 5.75 Å². The van der Waals surface area contributed by atoms with Gasteiger partial charge in [0.2, 0.25) is 0 Å². The molecule has 0 radical (unpaired) electrons. The summed E-state index contributed by atoms with van der Waals surface area (Å²) in [5.41, 5.74) is 1.45. The van der Waals surface area contributed by atoms with Crippen LogP contribution < -0.4 is 4.74 Å². The summed E-state index contributed by atoms with van der Waals surface area (Å²) in [6.45, 7) is 2.57. The first kappa shape index (κ1) is 22.9. The second-order valence-electron chi connectivity index (χ2n) is 6.53. The molecule has 0 bridgehead atoms. The normalized spacial score (nSPS) is 14.1. The predicted octanol–water partition coefficient (Wildman–Crippen LogP) is 1.41. The second kappa shape index (κ2) is 11.5. The van der Waals surface area contributed by atoms with Gasteiger partial charge in [-0.25, -0.2) is 0 Å². The van der Waals surface area contributed by atoms with Crippen LogP contribution in [0.25, 0.3) is 5.57 Å². The minimum absolute atomic E-state index is 0.300. The van der Waals surface area contributed by atoms with Crippen LogP contribution in [0.4, 0.5) is 0 Å². The Morgan fingerprint density at radius 3 is 1.93 bits per heavy atom. The maximum absolute atomic E-state index is 13.2. The van der Waals surface area contributed by atoms with Crippen LogP contribution in [0.1, 0.15) is 12.0 Å². The van der Waals surface area contributed by atoms with Crippen LogP contribution in [-0.2, 0) is 23.8 Å². The fourth-order valence-corrected chi connectivity index (χ4v) is 3.18. The summed E-state index contributed by atoms with van der Waals surface area (Å²) in [4.78, 5) is 29.6. The highest BCUT2D eigenvalue weighted by Crippen LogP contribution is 2.32. The van der Waals surface area contributed by atoms with E-state index in [0.717, 1.165) is 0 Å². The molecule has 0 aliphatic carbocycles. The van der Waals surface area contributed by atoms with Crippen molar-refractivity contribution in [2.24, 2.45) is 0 Å². The Bertz CT molecular complexity index is 708. The lowest BCUT2D eigenvalue weighted by molar-refractivity contribution is -0.137. The predicted molar refractivity (Wildman–Crippen MR) is 108 cm³/mol. The molecule has 8 nitrogen and oxygen atoms in total. The van der Waals surface area contributed by atoms with Gasteiger partial charge in [-0.05, 0) is 24.1 Å². The van der Waals surface area contributed by atoms with Crippen molar-refractivity contribution in [1.29, 1.82) is 0 Å². The number of hydrogen-bond acceptors (Lipinski definition) is 7. The van der Waals surface area contributed by atoms with Gasteiger partial charge in [0.05, 0.1) is 25.9 Å². The van der Waals surface area contributed by atoms with Crippen LogP contribution in [0.15, 0.2) is 30.0 Å². The van der Waals surface area contributed by atoms with Crippen molar-refractivity contribution < 1.29 is 28.5 Å². The van der Waals surface area contributed by atoms with Gasteiger partial charge in [0.1, 0.15) is 11.4 Å². The fourth-order valence-electron chi connectivity index (χ4n) is 3.18. The Morgan fingerprint density at radius 1 is 0.828 bits per heavy atom. The molecule has 0 unspecified atom stereocenters. The maximum Gasteiger partial charge on any atom is 0.277 e. The zero-order valence-corrected chi connectivity index (χ0v) is 17.6. The number of benzene rings is 1. The lowest BCUT2D eigenvalue weighted by Gasteiger charge is -2.25. The van der Waals surface area contributed by atoms with Crippen molar-refractivity contribution in [1.82, 2.24) is 9.80 Å². The number of carbonyl (C=O) groups excluding carboxylic acids is 2. The summed E-state index contributed by atoms with van der Waals surface area (Å²) in [6.07, 6.45) is 0.577. The van der Waals surface area contributed by atoms with Crippen LogP contribution in [0.5, 0.6) is 5.75 Å². The lowest BCUT2D eigenvalue weighted by Crippen LogP contribution is -2.38. The highest BCUT2D eigenvalue weighted by molar-refractivity contribution is 6.35. The highest BCUT2D eigenvalue weighted by Gasteiger charge is 2.41. The summed E-state index contributed by atoms with van der Waals surface area (Å²) in [5.74, 6) is 0.0791. The third kappa shape index (κ3) is 5.56. The number of imide groups is 1. The minimum Gasteiger partial charge on any atom is -0.497 e. The zero-order chi connectivity index (χ0) is 21.2. The molecular formula is C21H30N2O6. The number of rotatable bonds is 13. The molecule has 29 heavy (non-hydrogen) atoms. The van der Waals surface area contributed by atoms with Crippen LogP contribution in [0.3, 0.4) is 0 Å². The molecule has 8 heteroatoms. The maximum atomic E-state index is 13.2. The molecule has 0 saturated heterocycles. The van der Waals surface area contributed by atoms with Crippen molar-refractivity contribution in [3.05, 3.63) is 35.5 Å². The van der Waals surface area contributed by atoms with E-state index < -0.39 is 0 Å². The zero-order valence-electron chi connectivity index (χ0n) is 17.6. The van der Waals surface area contributed by atoms with E-state index in [1.165, 1.54) is 4.90 Å². The largest absolute Gasteiger partial charge is 0.497 e. The number of carbonyl (C=O) groups is 2. The van der Waals surface area contributed by atoms with Gasteiger partial charge in [0.15, 0.2) is 0 Å². The molecule has 1 aliphatic rings. The van der Waals surface area contributed by atoms with Gasteiger partial charge in [-0.15, -0.1) is 0 Å². The number of amides is 2. The Morgan fingerprint density at radius 2 is 1.41 bits per heavy atom. The molecular weight excluding hydrogens is 376 g/mol. The number of ether oxygens (including phenoxy) is 4. The van der Waals surface area contributed by atoms with Gasteiger partial charge in [-0.1, -0.05) is 12.1 Å². The molecule has 0 spiro atoms. The molecule has 0 fully saturated rings. The first-order chi connectivity index (χ1) is 14.1. The van der Waals surface area contributed by atoms with Crippen molar-refractivity contribution in [2.75, 3.05) is 67.9 Å². The van der Waals surface area contributed by atoms with E-state index in [2.05, 4.69) is 0 Å². The van der Waals surface area contributed by atoms with Gasteiger partial charge in [0, 0.05) is 47.6 Å². The van der Waals surface area contributed by atoms with Crippen LogP contribution >= 0.6 is 0 Å². The molecule has 0 N–H and O–H groups in total. The topological polar surface area (TPSA) is 77.5 Å². The van der Waals surface area contributed by atoms with Gasteiger partial charge < -0.3 is 23.8 Å². The summed E-state index contributed by atoms with van der Waals surface area (Å²) in [5, 5.41) is 0. The standard InChI is InChI=1S/C21H30N2O6/c1-26-13-5-10-23-20(24)18(16-6-8-17(29-4)9-7-16)19(21(23)25)22(11-14-27-2)12-15-28-3/h6-9H,5,10-15H2,1-4H3. The Hall–Kier alpha value is -2.42. The molecule has 160 valence electrons. The van der Waals surface area contributed by atoms with E-state index in [0.29, 0.717) is 68.5 Å². The van der Waals surface area contributed by atoms with E-state index in [1.807, 2.05) is 4.90 Å². The summed E-state index contributed by atoms with van der Waals surface area (Å²) in [7, 11) is 6.38. The Labute approximate surface area is 172 Å². The lowest BCUT2D eigenvalue weighted by atomic mass is 10.0. The van der Waals surface area contributed by atoms with Crippen LogP contribution in [-0.4, -0.2) is 89.5 Å². The average molecular weight is 406 g/mol. The quantitative estimate of drug-likeness (QED) is 0.362. The first-order valence-electron chi connectivity index (χ1n) is 9.55. The van der Waals surface area contributed by atoms with E-state index >= 15 is 0 Å². The average Bonchev–Trinajstić information content (AvgIpc) is 2.99. The van der Waals surface area contributed by atoms with Crippen molar-refractivity contribution in [2.45, 2.75) is 6.42 Å². The molecule has 0 saturated carbocycles. The summed E-state index contributed by atoms with van der Waals surface area (Å²) >= 11 is 0. The minimum atomic E-state index is -0.302. The summed E-state index contributed by atoms with van der Waals surface area (Å²) < 4.78 is 20.7. The SMILES string of the molecule is COCCCN1C(=O)C(c2ccc(OC)cc2)=C(N(CCOC)CCOC)C1=O. The Balaban J connectivity index is 2.45. The van der Waals surface area contributed by atoms with Gasteiger partial charge in [0.25, 0.3) is 11.8 Å². The van der Waals surface area contributed by atoms with E-state index in [1.54, 1.807) is 52.7 Å². The third-order valence-electron chi connectivity index (χ3n) is 4.70. The summed E-state index contributed by atoms with van der Waals surface area (Å²) in [6, 6.07) is 7.14. The second-order valence-corrected chi connectivity index (χ2v) is 6.53. The Kier molecular flexibility index (Phi) is 9.11. The van der Waals surface area contributed by atoms with Gasteiger partial charge in [-0.3, -0.25) is 14.5 Å². The third-order valence-corrected chi connectivity index (χ3v) is 4.70. The molecule has 0 aromatic heterocycles. The van der Waals surface area contributed by atoms with Gasteiger partial charge in [-0.2, -0.15) is 0 Å². The highest BCUT2D eigenvalue weighted by atomic mass is 16.5. The van der Waals surface area contributed by atoms with Crippen LogP contribution in [0.2, 0.25) is 0 Å². The molecule has 0 atom stereocenters. The molecule has 1 aromatic carbocycles. The molecule has 2 amide bonds. The van der Waals surface area contributed by atoms with Crippen molar-refractivity contribution in [3.63, 3.8) is 0 Å². The van der Waals surface area contributed by atoms with Crippen LogP contribution in [0, 0.1) is 0 Å². The molecule has 1 heterocycles. The molecule has 1 aromatic rings. The monoisotopic (exact) mass is 406 g/mol. The number of methoxy groups -OCH3 is 4. The fraction of sp³-hybridized carbons (Fsp3) is 0.524. The molecule has 1 aliphatic heterocycles. The van der Waals surface area contributed by atoms with E-state index in [9.17, 15) is 9.59 Å². The number of nitrogens with zero attached hydrogens (tertiary/aromatic N) is 2. The van der Waals surface area contributed by atoms with Gasteiger partial charge >= 0.3 is 0 Å². The first-order valence-corrected chi connectivity index (χ1v) is 9.55. The van der Waals surface area contributed by atoms with E-state index in [4.69, 9.17) is 18.9 Å². The smallest absolute Gasteiger partial charge is 0.277 e. The van der Waals surface area contributed by atoms with E-state index in [-0.39, 0.29) is 11.8 Å². The number of hydrogen-bond donors (Lipinski definition) is 0.